The van der Waals surface area contributed by atoms with Crippen LogP contribution in [0, 0.1) is 0 Å². The minimum atomic E-state index is -0.324. The summed E-state index contributed by atoms with van der Waals surface area (Å²) in [6.07, 6.45) is 2.82. The molecule has 7 nitrogen and oxygen atoms in total. The molecule has 0 unspecified atom stereocenters. The zero-order valence-corrected chi connectivity index (χ0v) is 16.7. The first kappa shape index (κ1) is 19.4. The molecule has 0 aliphatic carbocycles. The van der Waals surface area contributed by atoms with Crippen molar-refractivity contribution in [3.63, 3.8) is 0 Å². The SMILES string of the molecule is CCCCc1ccc2c(N)c(C(=O)N3CCN(C(=O)OCC)CC3)sc2n1. The van der Waals surface area contributed by atoms with Crippen molar-refractivity contribution in [2.45, 2.75) is 33.1 Å². The molecule has 0 radical (unpaired) electrons. The van der Waals surface area contributed by atoms with Crippen LogP contribution in [0.4, 0.5) is 10.5 Å². The average Bonchev–Trinajstić information content (AvgIpc) is 3.02. The summed E-state index contributed by atoms with van der Waals surface area (Å²) in [5.41, 5.74) is 7.79. The number of amides is 2. The monoisotopic (exact) mass is 390 g/mol. The van der Waals surface area contributed by atoms with Crippen LogP contribution in [0.3, 0.4) is 0 Å². The number of piperazine rings is 1. The number of unbranched alkanes of at least 4 members (excludes halogenated alkanes) is 1. The van der Waals surface area contributed by atoms with Crippen molar-refractivity contribution in [2.24, 2.45) is 0 Å². The van der Waals surface area contributed by atoms with Gasteiger partial charge in [0, 0.05) is 37.3 Å². The number of aromatic nitrogens is 1. The number of hydrogen-bond acceptors (Lipinski definition) is 6. The van der Waals surface area contributed by atoms with Crippen molar-refractivity contribution >= 4 is 39.2 Å². The Bertz CT molecular complexity index is 828. The van der Waals surface area contributed by atoms with Gasteiger partial charge in [0.2, 0.25) is 0 Å². The van der Waals surface area contributed by atoms with Crippen LogP contribution in [0.2, 0.25) is 0 Å². The molecule has 0 saturated carbocycles. The fourth-order valence-electron chi connectivity index (χ4n) is 3.14. The number of thiophene rings is 1. The van der Waals surface area contributed by atoms with Crippen molar-refractivity contribution < 1.29 is 14.3 Å². The minimum Gasteiger partial charge on any atom is -0.450 e. The van der Waals surface area contributed by atoms with Gasteiger partial charge in [-0.2, -0.15) is 0 Å². The molecule has 0 bridgehead atoms. The smallest absolute Gasteiger partial charge is 0.409 e. The summed E-state index contributed by atoms with van der Waals surface area (Å²) < 4.78 is 5.02. The van der Waals surface area contributed by atoms with Gasteiger partial charge in [-0.1, -0.05) is 13.3 Å². The third kappa shape index (κ3) is 4.16. The molecule has 2 amide bonds. The van der Waals surface area contributed by atoms with Gasteiger partial charge in [0.05, 0.1) is 12.3 Å². The number of anilines is 1. The van der Waals surface area contributed by atoms with Gasteiger partial charge < -0.3 is 20.3 Å². The van der Waals surface area contributed by atoms with E-state index in [1.54, 1.807) is 16.7 Å². The van der Waals surface area contributed by atoms with Gasteiger partial charge in [0.25, 0.3) is 5.91 Å². The Morgan fingerprint density at radius 2 is 1.89 bits per heavy atom. The number of fused-ring (bicyclic) bond motifs is 1. The topological polar surface area (TPSA) is 88.8 Å². The molecule has 0 atom stereocenters. The molecule has 2 aromatic rings. The second-order valence-corrected chi connectivity index (χ2v) is 7.58. The van der Waals surface area contributed by atoms with Crippen LogP contribution in [-0.2, 0) is 11.2 Å². The molecule has 2 aromatic heterocycles. The predicted octanol–water partition coefficient (Wildman–Crippen LogP) is 3.14. The Morgan fingerprint density at radius 1 is 1.19 bits per heavy atom. The number of pyridine rings is 1. The molecule has 1 saturated heterocycles. The Labute approximate surface area is 163 Å². The lowest BCUT2D eigenvalue weighted by Crippen LogP contribution is -2.50. The maximum Gasteiger partial charge on any atom is 0.409 e. The summed E-state index contributed by atoms with van der Waals surface area (Å²) in [5.74, 6) is -0.0888. The highest BCUT2D eigenvalue weighted by Crippen LogP contribution is 2.33. The van der Waals surface area contributed by atoms with Crippen LogP contribution >= 0.6 is 11.3 Å². The molecule has 2 N–H and O–H groups in total. The molecule has 146 valence electrons. The fraction of sp³-hybridized carbons (Fsp3) is 0.526. The summed E-state index contributed by atoms with van der Waals surface area (Å²) in [6, 6.07) is 3.96. The van der Waals surface area contributed by atoms with E-state index >= 15 is 0 Å². The van der Waals surface area contributed by atoms with Crippen LogP contribution in [0.5, 0.6) is 0 Å². The maximum atomic E-state index is 12.9. The summed E-state index contributed by atoms with van der Waals surface area (Å²) >= 11 is 1.36. The van der Waals surface area contributed by atoms with Crippen molar-refractivity contribution in [3.05, 3.63) is 22.7 Å². The lowest BCUT2D eigenvalue weighted by atomic mass is 10.1. The molecule has 0 spiro atoms. The normalized spacial score (nSPS) is 14.6. The Kier molecular flexibility index (Phi) is 6.15. The third-order valence-corrected chi connectivity index (χ3v) is 5.83. The van der Waals surface area contributed by atoms with Gasteiger partial charge in [-0.15, -0.1) is 11.3 Å². The summed E-state index contributed by atoms with van der Waals surface area (Å²) in [7, 11) is 0. The van der Waals surface area contributed by atoms with E-state index in [0.29, 0.717) is 43.4 Å². The average molecular weight is 391 g/mol. The standard InChI is InChI=1S/C19H26N4O3S/c1-3-5-6-13-7-8-14-15(20)16(27-17(14)21-13)18(24)22-9-11-23(12-10-22)19(25)26-4-2/h7-8H,3-6,9-12,20H2,1-2H3. The molecule has 3 rings (SSSR count). The van der Waals surface area contributed by atoms with E-state index in [9.17, 15) is 9.59 Å². The van der Waals surface area contributed by atoms with E-state index in [4.69, 9.17) is 10.5 Å². The van der Waals surface area contributed by atoms with Crippen LogP contribution in [0.25, 0.3) is 10.2 Å². The van der Waals surface area contributed by atoms with E-state index < -0.39 is 0 Å². The number of aryl methyl sites for hydroxylation is 1. The minimum absolute atomic E-state index is 0.0888. The molecular weight excluding hydrogens is 364 g/mol. The Morgan fingerprint density at radius 3 is 2.56 bits per heavy atom. The molecule has 8 heteroatoms. The van der Waals surface area contributed by atoms with Gasteiger partial charge in [0.1, 0.15) is 9.71 Å². The number of hydrogen-bond donors (Lipinski definition) is 1. The first-order valence-corrected chi connectivity index (χ1v) is 10.3. The summed E-state index contributed by atoms with van der Waals surface area (Å²) in [4.78, 5) is 34.1. The van der Waals surface area contributed by atoms with Gasteiger partial charge in [-0.25, -0.2) is 9.78 Å². The van der Waals surface area contributed by atoms with Crippen molar-refractivity contribution in [1.82, 2.24) is 14.8 Å². The molecule has 1 fully saturated rings. The number of carbonyl (C=O) groups excluding carboxylic acids is 2. The number of nitrogen functional groups attached to an aromatic ring is 1. The fourth-order valence-corrected chi connectivity index (χ4v) is 4.22. The highest BCUT2D eigenvalue weighted by atomic mass is 32.1. The summed E-state index contributed by atoms with van der Waals surface area (Å²) in [6.45, 7) is 6.16. The zero-order valence-electron chi connectivity index (χ0n) is 15.9. The van der Waals surface area contributed by atoms with Gasteiger partial charge in [0.15, 0.2) is 0 Å². The van der Waals surface area contributed by atoms with Gasteiger partial charge in [-0.3, -0.25) is 4.79 Å². The quantitative estimate of drug-likeness (QED) is 0.847. The number of rotatable bonds is 5. The number of ether oxygens (including phenoxy) is 1. The van der Waals surface area contributed by atoms with Crippen LogP contribution in [0.1, 0.15) is 42.1 Å². The number of nitrogens with zero attached hydrogens (tertiary/aromatic N) is 3. The van der Waals surface area contributed by atoms with E-state index in [1.165, 1.54) is 11.3 Å². The lowest BCUT2D eigenvalue weighted by Gasteiger charge is -2.33. The van der Waals surface area contributed by atoms with Crippen LogP contribution in [-0.4, -0.2) is 59.6 Å². The highest BCUT2D eigenvalue weighted by molar-refractivity contribution is 7.21. The predicted molar refractivity (Wildman–Crippen MR) is 107 cm³/mol. The van der Waals surface area contributed by atoms with Crippen LogP contribution in [0.15, 0.2) is 12.1 Å². The maximum absolute atomic E-state index is 12.9. The first-order valence-electron chi connectivity index (χ1n) is 9.44. The van der Waals surface area contributed by atoms with E-state index in [0.717, 1.165) is 35.2 Å². The molecule has 1 aliphatic heterocycles. The molecular formula is C19H26N4O3S. The van der Waals surface area contributed by atoms with Gasteiger partial charge in [-0.05, 0) is 31.9 Å². The van der Waals surface area contributed by atoms with E-state index in [2.05, 4.69) is 11.9 Å². The van der Waals surface area contributed by atoms with Gasteiger partial charge >= 0.3 is 6.09 Å². The second kappa shape index (κ2) is 8.56. The van der Waals surface area contributed by atoms with Crippen molar-refractivity contribution in [1.29, 1.82) is 0 Å². The lowest BCUT2D eigenvalue weighted by molar-refractivity contribution is 0.0575. The zero-order chi connectivity index (χ0) is 19.4. The van der Waals surface area contributed by atoms with E-state index in [-0.39, 0.29) is 12.0 Å². The molecule has 27 heavy (non-hydrogen) atoms. The molecule has 1 aliphatic rings. The number of nitrogens with two attached hydrogens (primary N) is 1. The Balaban J connectivity index is 1.72. The van der Waals surface area contributed by atoms with Crippen molar-refractivity contribution in [2.75, 3.05) is 38.5 Å². The summed E-state index contributed by atoms with van der Waals surface area (Å²) in [5, 5.41) is 0.841. The van der Waals surface area contributed by atoms with Crippen molar-refractivity contribution in [3.8, 4) is 0 Å². The van der Waals surface area contributed by atoms with Crippen LogP contribution < -0.4 is 5.73 Å². The van der Waals surface area contributed by atoms with E-state index in [1.807, 2.05) is 12.1 Å². The third-order valence-electron chi connectivity index (χ3n) is 4.73. The number of carbonyl (C=O) groups is 2. The molecule has 3 heterocycles. The first-order chi connectivity index (χ1) is 13.0. The Hall–Kier alpha value is -2.35. The largest absolute Gasteiger partial charge is 0.450 e. The second-order valence-electron chi connectivity index (χ2n) is 6.58. The molecule has 0 aromatic carbocycles. The highest BCUT2D eigenvalue weighted by Gasteiger charge is 2.28.